The van der Waals surface area contributed by atoms with Crippen LogP contribution in [-0.2, 0) is 4.74 Å². The summed E-state index contributed by atoms with van der Waals surface area (Å²) in [6, 6.07) is 6.03. The molecule has 1 N–H and O–H groups in total. The van der Waals surface area contributed by atoms with Gasteiger partial charge >= 0.3 is 6.09 Å². The molecule has 0 radical (unpaired) electrons. The van der Waals surface area contributed by atoms with E-state index in [1.807, 2.05) is 45.2 Å². The van der Waals surface area contributed by atoms with Crippen LogP contribution in [0.3, 0.4) is 0 Å². The molecule has 0 aliphatic carbocycles. The number of anilines is 1. The molecule has 1 aromatic carbocycles. The number of piperidine rings is 1. The lowest BCUT2D eigenvalue weighted by molar-refractivity contribution is 0.0206. The SMILES string of the molecule is CC(C)(C)OC(=O)N1CCC[C@H](Nc2ncc3cc(Br)ccc3n2)C1. The summed E-state index contributed by atoms with van der Waals surface area (Å²) in [5.41, 5.74) is 0.410. The minimum Gasteiger partial charge on any atom is -0.444 e. The zero-order chi connectivity index (χ0) is 18.0. The highest BCUT2D eigenvalue weighted by molar-refractivity contribution is 9.10. The smallest absolute Gasteiger partial charge is 0.410 e. The van der Waals surface area contributed by atoms with Crippen molar-refractivity contribution < 1.29 is 9.53 Å². The molecule has 2 heterocycles. The van der Waals surface area contributed by atoms with Crippen molar-refractivity contribution in [1.82, 2.24) is 14.9 Å². The van der Waals surface area contributed by atoms with Gasteiger partial charge in [0.1, 0.15) is 5.60 Å². The maximum atomic E-state index is 12.3. The van der Waals surface area contributed by atoms with E-state index in [1.165, 1.54) is 0 Å². The molecule has 0 unspecified atom stereocenters. The molecule has 0 spiro atoms. The number of carbonyl (C=O) groups excluding carboxylic acids is 1. The molecule has 0 bridgehead atoms. The van der Waals surface area contributed by atoms with Crippen LogP contribution >= 0.6 is 15.9 Å². The van der Waals surface area contributed by atoms with Gasteiger partial charge in [-0.3, -0.25) is 0 Å². The van der Waals surface area contributed by atoms with E-state index < -0.39 is 5.60 Å². The fraction of sp³-hybridized carbons (Fsp3) is 0.500. The van der Waals surface area contributed by atoms with Gasteiger partial charge in [-0.2, -0.15) is 0 Å². The Bertz CT molecular complexity index is 775. The monoisotopic (exact) mass is 406 g/mol. The van der Waals surface area contributed by atoms with E-state index in [4.69, 9.17) is 4.74 Å². The Kier molecular flexibility index (Phi) is 5.13. The Morgan fingerprint density at radius 3 is 2.96 bits per heavy atom. The fourth-order valence-corrected chi connectivity index (χ4v) is 3.22. The first kappa shape index (κ1) is 17.9. The molecule has 7 heteroatoms. The number of nitrogens with zero attached hydrogens (tertiary/aromatic N) is 3. The largest absolute Gasteiger partial charge is 0.444 e. The van der Waals surface area contributed by atoms with Gasteiger partial charge in [-0.05, 0) is 51.8 Å². The van der Waals surface area contributed by atoms with Crippen LogP contribution in [0.5, 0.6) is 0 Å². The van der Waals surface area contributed by atoms with Crippen molar-refractivity contribution in [2.75, 3.05) is 18.4 Å². The number of rotatable bonds is 2. The summed E-state index contributed by atoms with van der Waals surface area (Å²) < 4.78 is 6.47. The van der Waals surface area contributed by atoms with Crippen LogP contribution in [0.4, 0.5) is 10.7 Å². The summed E-state index contributed by atoms with van der Waals surface area (Å²) in [5, 5.41) is 4.34. The lowest BCUT2D eigenvalue weighted by atomic mass is 10.1. The highest BCUT2D eigenvalue weighted by Crippen LogP contribution is 2.20. The minimum absolute atomic E-state index is 0.120. The number of ether oxygens (including phenoxy) is 1. The van der Waals surface area contributed by atoms with Gasteiger partial charge in [0.05, 0.1) is 5.52 Å². The number of benzene rings is 1. The van der Waals surface area contributed by atoms with Gasteiger partial charge in [0.15, 0.2) is 0 Å². The van der Waals surface area contributed by atoms with Crippen molar-refractivity contribution in [3.05, 3.63) is 28.9 Å². The lowest BCUT2D eigenvalue weighted by Gasteiger charge is -2.34. The highest BCUT2D eigenvalue weighted by atomic mass is 79.9. The predicted molar refractivity (Wildman–Crippen MR) is 102 cm³/mol. The molecule has 1 aliphatic heterocycles. The molecule has 1 atom stereocenters. The molecule has 2 aromatic rings. The number of aromatic nitrogens is 2. The van der Waals surface area contributed by atoms with Gasteiger partial charge in [0.2, 0.25) is 5.95 Å². The van der Waals surface area contributed by atoms with Gasteiger partial charge < -0.3 is 15.0 Å². The fourth-order valence-electron chi connectivity index (χ4n) is 2.84. The van der Waals surface area contributed by atoms with E-state index in [1.54, 1.807) is 4.90 Å². The molecule has 25 heavy (non-hydrogen) atoms. The number of hydrogen-bond donors (Lipinski definition) is 1. The molecular formula is C18H23BrN4O2. The van der Waals surface area contributed by atoms with Crippen LogP contribution in [0.25, 0.3) is 10.9 Å². The molecule has 3 rings (SSSR count). The Balaban J connectivity index is 1.66. The Morgan fingerprint density at radius 2 is 2.20 bits per heavy atom. The molecule has 1 amide bonds. The van der Waals surface area contributed by atoms with Gasteiger partial charge in [0, 0.05) is 35.2 Å². The second kappa shape index (κ2) is 7.15. The van der Waals surface area contributed by atoms with Crippen LogP contribution in [0, 0.1) is 0 Å². The number of likely N-dealkylation sites (tertiary alicyclic amines) is 1. The number of amides is 1. The predicted octanol–water partition coefficient (Wildman–Crippen LogP) is 4.20. The molecule has 1 fully saturated rings. The number of hydrogen-bond acceptors (Lipinski definition) is 5. The van der Waals surface area contributed by atoms with E-state index in [0.29, 0.717) is 12.5 Å². The quantitative estimate of drug-likeness (QED) is 0.808. The van der Waals surface area contributed by atoms with E-state index >= 15 is 0 Å². The summed E-state index contributed by atoms with van der Waals surface area (Å²) in [6.45, 7) is 6.96. The van der Waals surface area contributed by atoms with Gasteiger partial charge in [0.25, 0.3) is 0 Å². The molecule has 1 saturated heterocycles. The highest BCUT2D eigenvalue weighted by Gasteiger charge is 2.27. The third-order valence-corrected chi connectivity index (χ3v) is 4.44. The molecule has 1 aromatic heterocycles. The number of halogens is 1. The van der Waals surface area contributed by atoms with Crippen molar-refractivity contribution in [3.8, 4) is 0 Å². The summed E-state index contributed by atoms with van der Waals surface area (Å²) >= 11 is 3.45. The van der Waals surface area contributed by atoms with Gasteiger partial charge in [-0.15, -0.1) is 0 Å². The van der Waals surface area contributed by atoms with Crippen LogP contribution in [0.15, 0.2) is 28.9 Å². The van der Waals surface area contributed by atoms with E-state index in [0.717, 1.165) is 34.8 Å². The maximum Gasteiger partial charge on any atom is 0.410 e. The number of fused-ring (bicyclic) bond motifs is 1. The average molecular weight is 407 g/mol. The lowest BCUT2D eigenvalue weighted by Crippen LogP contribution is -2.47. The first-order valence-corrected chi connectivity index (χ1v) is 9.26. The summed E-state index contributed by atoms with van der Waals surface area (Å²) in [6.07, 6.45) is 3.45. The van der Waals surface area contributed by atoms with Crippen LogP contribution in [0.2, 0.25) is 0 Å². The molecule has 0 saturated carbocycles. The normalized spacial score (nSPS) is 18.2. The summed E-state index contributed by atoms with van der Waals surface area (Å²) in [4.78, 5) is 23.0. The molecule has 1 aliphatic rings. The third-order valence-electron chi connectivity index (χ3n) is 3.95. The van der Waals surface area contributed by atoms with Crippen molar-refractivity contribution in [2.45, 2.75) is 45.3 Å². The topological polar surface area (TPSA) is 67.3 Å². The van der Waals surface area contributed by atoms with Gasteiger partial charge in [-0.25, -0.2) is 14.8 Å². The zero-order valence-electron chi connectivity index (χ0n) is 14.8. The van der Waals surface area contributed by atoms with E-state index in [9.17, 15) is 4.79 Å². The molecule has 134 valence electrons. The Hall–Kier alpha value is -1.89. The van der Waals surface area contributed by atoms with Crippen LogP contribution in [0.1, 0.15) is 33.6 Å². The number of carbonyl (C=O) groups is 1. The first-order valence-electron chi connectivity index (χ1n) is 8.47. The molecular weight excluding hydrogens is 384 g/mol. The molecule has 6 nitrogen and oxygen atoms in total. The van der Waals surface area contributed by atoms with Crippen LogP contribution < -0.4 is 5.32 Å². The van der Waals surface area contributed by atoms with E-state index in [2.05, 4.69) is 31.2 Å². The van der Waals surface area contributed by atoms with Gasteiger partial charge in [-0.1, -0.05) is 15.9 Å². The summed E-state index contributed by atoms with van der Waals surface area (Å²) in [7, 11) is 0. The average Bonchev–Trinajstić information content (AvgIpc) is 2.54. The minimum atomic E-state index is -0.479. The zero-order valence-corrected chi connectivity index (χ0v) is 16.3. The summed E-state index contributed by atoms with van der Waals surface area (Å²) in [5.74, 6) is 0.589. The van der Waals surface area contributed by atoms with Crippen LogP contribution in [-0.4, -0.2) is 45.7 Å². The van der Waals surface area contributed by atoms with E-state index in [-0.39, 0.29) is 12.1 Å². The third kappa shape index (κ3) is 4.81. The van der Waals surface area contributed by atoms with Crippen molar-refractivity contribution in [3.63, 3.8) is 0 Å². The van der Waals surface area contributed by atoms with Crippen molar-refractivity contribution >= 4 is 38.9 Å². The number of nitrogens with one attached hydrogen (secondary N) is 1. The second-order valence-electron chi connectivity index (χ2n) is 7.31. The standard InChI is InChI=1S/C18H23BrN4O2/c1-18(2,3)25-17(24)23-8-4-5-14(11-23)21-16-20-10-12-9-13(19)6-7-15(12)22-16/h6-7,9-10,14H,4-5,8,11H2,1-3H3,(H,20,21,22)/t14-/m0/s1. The first-order chi connectivity index (χ1) is 11.8. The second-order valence-corrected chi connectivity index (χ2v) is 8.22. The Labute approximate surface area is 156 Å². The maximum absolute atomic E-state index is 12.3. The van der Waals surface area contributed by atoms with Crippen molar-refractivity contribution in [1.29, 1.82) is 0 Å². The van der Waals surface area contributed by atoms with Crippen molar-refractivity contribution in [2.24, 2.45) is 0 Å². The Morgan fingerprint density at radius 1 is 1.40 bits per heavy atom.